The number of carbonyl (C=O) groups excluding carboxylic acids is 1. The summed E-state index contributed by atoms with van der Waals surface area (Å²) >= 11 is 1.44. The van der Waals surface area contributed by atoms with Gasteiger partial charge in [0.15, 0.2) is 0 Å². The number of H-pyrrole nitrogens is 1. The minimum absolute atomic E-state index is 0.0106. The van der Waals surface area contributed by atoms with Crippen LogP contribution in [-0.2, 0) is 0 Å². The summed E-state index contributed by atoms with van der Waals surface area (Å²) < 4.78 is 19.2. The van der Waals surface area contributed by atoms with E-state index >= 15 is 0 Å². The zero-order chi connectivity index (χ0) is 18.1. The molecule has 1 amide bonds. The van der Waals surface area contributed by atoms with E-state index in [4.69, 9.17) is 4.42 Å². The topological polar surface area (TPSA) is 75.1 Å². The van der Waals surface area contributed by atoms with Gasteiger partial charge in [-0.3, -0.25) is 9.59 Å². The highest BCUT2D eigenvalue weighted by Crippen LogP contribution is 2.37. The maximum absolute atomic E-state index is 14.0. The molecule has 3 heterocycles. The number of rotatable bonds is 3. The third-order valence-electron chi connectivity index (χ3n) is 4.27. The molecule has 0 fully saturated rings. The Morgan fingerprint density at radius 2 is 2.12 bits per heavy atom. The number of halogens is 1. The molecule has 26 heavy (non-hydrogen) atoms. The molecule has 1 aromatic carbocycles. The van der Waals surface area contributed by atoms with E-state index < -0.39 is 11.5 Å². The number of benzene rings is 1. The normalized spacial score (nSPS) is 16.1. The van der Waals surface area contributed by atoms with E-state index in [1.54, 1.807) is 30.3 Å². The molecule has 0 saturated carbocycles. The summed E-state index contributed by atoms with van der Waals surface area (Å²) in [7, 11) is 0. The van der Waals surface area contributed by atoms with Crippen LogP contribution in [0.5, 0.6) is 0 Å². The standard InChI is InChI=1S/C19H15FN2O3S/c20-13-4-1-3-11-14(8-10-26-17(11)13)21-18(23)12-6-7-15(22-19(12)24)16-5-2-9-25-16/h1-7,9,14H,8,10H2,(H,21,23)(H,22,24)/t14-/m0/s1. The fourth-order valence-electron chi connectivity index (χ4n) is 3.00. The fraction of sp³-hybridized carbons (Fsp3) is 0.158. The molecule has 5 nitrogen and oxygen atoms in total. The number of thioether (sulfide) groups is 1. The first kappa shape index (κ1) is 16.7. The largest absolute Gasteiger partial charge is 0.463 e. The highest BCUT2D eigenvalue weighted by molar-refractivity contribution is 7.99. The van der Waals surface area contributed by atoms with Crippen LogP contribution in [0.2, 0.25) is 0 Å². The van der Waals surface area contributed by atoms with Gasteiger partial charge in [0, 0.05) is 10.6 Å². The van der Waals surface area contributed by atoms with Gasteiger partial charge in [-0.05, 0) is 42.3 Å². The number of hydrogen-bond donors (Lipinski definition) is 2. The summed E-state index contributed by atoms with van der Waals surface area (Å²) in [5.74, 6) is 0.450. The van der Waals surface area contributed by atoms with E-state index in [1.165, 1.54) is 30.2 Å². The Bertz CT molecular complexity index is 1010. The first-order chi connectivity index (χ1) is 12.6. The zero-order valence-corrected chi connectivity index (χ0v) is 14.4. The Hall–Kier alpha value is -2.80. The summed E-state index contributed by atoms with van der Waals surface area (Å²) in [6.45, 7) is 0. The van der Waals surface area contributed by atoms with Crippen LogP contribution in [0.3, 0.4) is 0 Å². The number of furan rings is 1. The number of hydrogen-bond acceptors (Lipinski definition) is 4. The quantitative estimate of drug-likeness (QED) is 0.736. The molecule has 1 aliphatic heterocycles. The Kier molecular flexibility index (Phi) is 4.38. The first-order valence-corrected chi connectivity index (χ1v) is 9.11. The molecule has 1 atom stereocenters. The van der Waals surface area contributed by atoms with Crippen LogP contribution < -0.4 is 10.9 Å². The van der Waals surface area contributed by atoms with Crippen LogP contribution in [-0.4, -0.2) is 16.6 Å². The van der Waals surface area contributed by atoms with E-state index in [-0.39, 0.29) is 17.4 Å². The van der Waals surface area contributed by atoms with Gasteiger partial charge in [-0.15, -0.1) is 11.8 Å². The average Bonchev–Trinajstić information content (AvgIpc) is 3.17. The van der Waals surface area contributed by atoms with Crippen molar-refractivity contribution in [1.82, 2.24) is 10.3 Å². The first-order valence-electron chi connectivity index (χ1n) is 8.13. The lowest BCUT2D eigenvalue weighted by Crippen LogP contribution is -2.34. The van der Waals surface area contributed by atoms with Crippen molar-refractivity contribution in [3.63, 3.8) is 0 Å². The molecular weight excluding hydrogens is 355 g/mol. The molecular formula is C19H15FN2O3S. The molecule has 2 aromatic heterocycles. The number of aromatic amines is 1. The second-order valence-electron chi connectivity index (χ2n) is 5.91. The van der Waals surface area contributed by atoms with Crippen LogP contribution in [0, 0.1) is 5.82 Å². The number of aromatic nitrogens is 1. The van der Waals surface area contributed by atoms with Crippen LogP contribution in [0.15, 0.2) is 62.8 Å². The highest BCUT2D eigenvalue weighted by atomic mass is 32.2. The number of fused-ring (bicyclic) bond motifs is 1. The van der Waals surface area contributed by atoms with Gasteiger partial charge in [0.2, 0.25) is 0 Å². The van der Waals surface area contributed by atoms with Crippen LogP contribution >= 0.6 is 11.8 Å². The van der Waals surface area contributed by atoms with Crippen LogP contribution in [0.4, 0.5) is 4.39 Å². The minimum Gasteiger partial charge on any atom is -0.463 e. The van der Waals surface area contributed by atoms with E-state index in [2.05, 4.69) is 10.3 Å². The van der Waals surface area contributed by atoms with E-state index in [9.17, 15) is 14.0 Å². The predicted molar refractivity (Wildman–Crippen MR) is 96.7 cm³/mol. The Labute approximate surface area is 152 Å². The fourth-order valence-corrected chi connectivity index (χ4v) is 4.14. The number of amides is 1. The van der Waals surface area contributed by atoms with Gasteiger partial charge >= 0.3 is 0 Å². The number of pyridine rings is 1. The molecule has 0 saturated heterocycles. The molecule has 0 bridgehead atoms. The van der Waals surface area contributed by atoms with Crippen LogP contribution in [0.25, 0.3) is 11.5 Å². The zero-order valence-electron chi connectivity index (χ0n) is 13.6. The average molecular weight is 370 g/mol. The molecule has 132 valence electrons. The van der Waals surface area contributed by atoms with Gasteiger partial charge in [0.1, 0.15) is 17.1 Å². The number of nitrogens with one attached hydrogen (secondary N) is 2. The Balaban J connectivity index is 1.58. The van der Waals surface area contributed by atoms with Gasteiger partial charge in [-0.2, -0.15) is 0 Å². The van der Waals surface area contributed by atoms with E-state index in [0.29, 0.717) is 28.5 Å². The predicted octanol–water partition coefficient (Wildman–Crippen LogP) is 3.74. The summed E-state index contributed by atoms with van der Waals surface area (Å²) in [6.07, 6.45) is 2.18. The summed E-state index contributed by atoms with van der Waals surface area (Å²) in [5.41, 5.74) is 0.758. The highest BCUT2D eigenvalue weighted by Gasteiger charge is 2.25. The lowest BCUT2D eigenvalue weighted by Gasteiger charge is -2.26. The third kappa shape index (κ3) is 3.06. The smallest absolute Gasteiger partial charge is 0.261 e. The molecule has 0 unspecified atom stereocenters. The van der Waals surface area contributed by atoms with E-state index in [0.717, 1.165) is 5.56 Å². The van der Waals surface area contributed by atoms with Crippen molar-refractivity contribution in [3.05, 3.63) is 76.0 Å². The molecule has 1 aliphatic rings. The summed E-state index contributed by atoms with van der Waals surface area (Å²) in [5, 5.41) is 2.85. The van der Waals surface area contributed by atoms with Crippen molar-refractivity contribution >= 4 is 17.7 Å². The molecule has 4 rings (SSSR count). The Morgan fingerprint density at radius 3 is 2.88 bits per heavy atom. The molecule has 3 aromatic rings. The molecule has 7 heteroatoms. The van der Waals surface area contributed by atoms with Gasteiger partial charge in [0.25, 0.3) is 11.5 Å². The van der Waals surface area contributed by atoms with Crippen molar-refractivity contribution in [2.75, 3.05) is 5.75 Å². The maximum Gasteiger partial charge on any atom is 0.261 e. The van der Waals surface area contributed by atoms with Crippen LogP contribution in [0.1, 0.15) is 28.4 Å². The van der Waals surface area contributed by atoms with Crippen molar-refractivity contribution in [2.45, 2.75) is 17.4 Å². The van der Waals surface area contributed by atoms with E-state index in [1.807, 2.05) is 0 Å². The minimum atomic E-state index is -0.499. The van der Waals surface area contributed by atoms with Crippen molar-refractivity contribution in [2.24, 2.45) is 0 Å². The number of carbonyl (C=O) groups is 1. The van der Waals surface area contributed by atoms with Crippen molar-refractivity contribution in [3.8, 4) is 11.5 Å². The van der Waals surface area contributed by atoms with Crippen molar-refractivity contribution < 1.29 is 13.6 Å². The van der Waals surface area contributed by atoms with Gasteiger partial charge in [0.05, 0.1) is 18.0 Å². The monoisotopic (exact) mass is 370 g/mol. The summed E-state index contributed by atoms with van der Waals surface area (Å²) in [6, 6.07) is 11.1. The molecule has 0 aliphatic carbocycles. The van der Waals surface area contributed by atoms with Crippen molar-refractivity contribution in [1.29, 1.82) is 0 Å². The SMILES string of the molecule is O=C(N[C@H]1CCSc2c(F)cccc21)c1ccc(-c2ccco2)[nH]c1=O. The Morgan fingerprint density at radius 1 is 1.23 bits per heavy atom. The second kappa shape index (κ2) is 6.84. The maximum atomic E-state index is 14.0. The third-order valence-corrected chi connectivity index (χ3v) is 5.43. The summed E-state index contributed by atoms with van der Waals surface area (Å²) in [4.78, 5) is 28.1. The molecule has 0 spiro atoms. The molecule has 0 radical (unpaired) electrons. The van der Waals surface area contributed by atoms with Gasteiger partial charge in [-0.25, -0.2) is 4.39 Å². The lowest BCUT2D eigenvalue weighted by molar-refractivity contribution is 0.0933. The van der Waals surface area contributed by atoms with Gasteiger partial charge < -0.3 is 14.7 Å². The van der Waals surface area contributed by atoms with Gasteiger partial charge in [-0.1, -0.05) is 12.1 Å². The second-order valence-corrected chi connectivity index (χ2v) is 7.02. The lowest BCUT2D eigenvalue weighted by atomic mass is 10.0. The molecule has 2 N–H and O–H groups in total.